The highest BCUT2D eigenvalue weighted by Gasteiger charge is 2.62. The summed E-state index contributed by atoms with van der Waals surface area (Å²) in [4.78, 5) is 38.8. The molecule has 4 heterocycles. The van der Waals surface area contributed by atoms with Gasteiger partial charge in [-0.3, -0.25) is 14.4 Å². The highest BCUT2D eigenvalue weighted by atomic mass is 35.5. The number of alkyl halides is 2. The number of halogens is 2. The van der Waals surface area contributed by atoms with E-state index in [4.69, 9.17) is 37.4 Å². The number of esters is 1. The average molecular weight is 469 g/mol. The van der Waals surface area contributed by atoms with E-state index in [0.29, 0.717) is 6.42 Å². The second-order valence-corrected chi connectivity index (χ2v) is 11.0. The number of carbonyl (C=O) groups is 3. The van der Waals surface area contributed by atoms with Crippen LogP contribution in [0.1, 0.15) is 39.5 Å². The van der Waals surface area contributed by atoms with E-state index in [0.717, 1.165) is 12.8 Å². The second-order valence-electron chi connectivity index (χ2n) is 9.72. The van der Waals surface area contributed by atoms with Crippen LogP contribution in [0.2, 0.25) is 0 Å². The number of rotatable bonds is 0. The molecule has 168 valence electrons. The lowest BCUT2D eigenvalue weighted by Gasteiger charge is -2.61. The molecular weight excluding hydrogens is 443 g/mol. The van der Waals surface area contributed by atoms with Gasteiger partial charge in [0.25, 0.3) is 0 Å². The summed E-state index contributed by atoms with van der Waals surface area (Å²) in [7, 11) is 0. The summed E-state index contributed by atoms with van der Waals surface area (Å²) in [6.45, 7) is 3.74. The van der Waals surface area contributed by atoms with Crippen molar-refractivity contribution in [3.05, 3.63) is 24.3 Å². The number of hydrogen-bond acceptors (Lipinski definition) is 6. The Kier molecular flexibility index (Phi) is 5.17. The summed E-state index contributed by atoms with van der Waals surface area (Å²) < 4.78 is 14.7. The maximum absolute atomic E-state index is 13.7. The molecule has 1 saturated carbocycles. The van der Waals surface area contributed by atoms with Gasteiger partial charge >= 0.3 is 5.97 Å². The Morgan fingerprint density at radius 3 is 2.55 bits per heavy atom. The summed E-state index contributed by atoms with van der Waals surface area (Å²) in [5, 5.41) is 0. The number of allylic oxidation sites excluding steroid dienone is 3. The lowest BCUT2D eigenvalue weighted by atomic mass is 9.54. The van der Waals surface area contributed by atoms with Gasteiger partial charge in [0.05, 0.1) is 11.7 Å². The predicted molar refractivity (Wildman–Crippen MR) is 113 cm³/mol. The summed E-state index contributed by atoms with van der Waals surface area (Å²) in [6, 6.07) is 0. The van der Waals surface area contributed by atoms with Gasteiger partial charge in [0, 0.05) is 18.3 Å². The number of Topliss-reactive ketones (excluding diaryl/α,β-unsaturated/α-hetero) is 2. The number of carbonyl (C=O) groups excluding carboxylic acids is 3. The zero-order chi connectivity index (χ0) is 22.1. The SMILES string of the molecule is C[C@@H]1OC(=O)CC(=O)C(Cl)(Cl)C(=O)C2C3[C@H](C=C[C@H]2C/C=C\C2OC21)CC1CC3(C)O1. The highest BCUT2D eigenvalue weighted by molar-refractivity contribution is 6.68. The van der Waals surface area contributed by atoms with E-state index >= 15 is 0 Å². The Morgan fingerprint density at radius 1 is 1.10 bits per heavy atom. The molecule has 0 radical (unpaired) electrons. The number of epoxide rings is 1. The first-order valence-electron chi connectivity index (χ1n) is 10.9. The first kappa shape index (κ1) is 21.6. The number of ether oxygens (including phenoxy) is 3. The molecule has 6 nitrogen and oxygen atoms in total. The zero-order valence-corrected chi connectivity index (χ0v) is 19.0. The molecule has 4 aliphatic heterocycles. The third kappa shape index (κ3) is 3.60. The number of ketones is 2. The maximum atomic E-state index is 13.7. The van der Waals surface area contributed by atoms with Crippen molar-refractivity contribution >= 4 is 40.7 Å². The topological polar surface area (TPSA) is 82.2 Å². The minimum Gasteiger partial charge on any atom is -0.459 e. The lowest BCUT2D eigenvalue weighted by molar-refractivity contribution is -0.278. The first-order valence-corrected chi connectivity index (χ1v) is 11.7. The standard InChI is InChI=1S/C23H26Cl2O6/c1-11-20-15(30-20)5-3-4-12-6-7-13-8-14-10-22(2,31-14)19(13)18(12)21(28)23(24,25)16(26)9-17(27)29-11/h3,5-7,11-15,18-20H,4,8-10H2,1-2H3/b5-3-/t11-,12+,13+,14?,15?,18?,19?,20?,22?/m0/s1. The van der Waals surface area contributed by atoms with Crippen LogP contribution in [0.4, 0.5) is 0 Å². The van der Waals surface area contributed by atoms with Crippen molar-refractivity contribution in [2.75, 3.05) is 0 Å². The number of hydrogen-bond donors (Lipinski definition) is 0. The monoisotopic (exact) mass is 468 g/mol. The molecule has 0 N–H and O–H groups in total. The molecule has 31 heavy (non-hydrogen) atoms. The Balaban J connectivity index is 1.51. The highest BCUT2D eigenvalue weighted by Crippen LogP contribution is 2.58. The van der Waals surface area contributed by atoms with Gasteiger partial charge in [-0.05, 0) is 38.5 Å². The quantitative estimate of drug-likeness (QED) is 0.178. The van der Waals surface area contributed by atoms with Crippen LogP contribution in [-0.2, 0) is 28.6 Å². The molecule has 2 bridgehead atoms. The van der Waals surface area contributed by atoms with Gasteiger partial charge in [0.1, 0.15) is 24.7 Å². The summed E-state index contributed by atoms with van der Waals surface area (Å²) in [6.07, 6.45) is 9.15. The summed E-state index contributed by atoms with van der Waals surface area (Å²) >= 11 is 12.8. The van der Waals surface area contributed by atoms with Crippen molar-refractivity contribution in [2.24, 2.45) is 23.7 Å². The minimum absolute atomic E-state index is 0.122. The molecule has 0 spiro atoms. The molecule has 2 aliphatic carbocycles. The van der Waals surface area contributed by atoms with Crippen molar-refractivity contribution in [3.63, 3.8) is 0 Å². The van der Waals surface area contributed by atoms with E-state index in [9.17, 15) is 14.4 Å². The molecular formula is C23H26Cl2O6. The van der Waals surface area contributed by atoms with Gasteiger partial charge in [-0.15, -0.1) is 0 Å². The van der Waals surface area contributed by atoms with Crippen LogP contribution in [0.3, 0.4) is 0 Å². The van der Waals surface area contributed by atoms with E-state index in [1.54, 1.807) is 6.92 Å². The van der Waals surface area contributed by atoms with Gasteiger partial charge < -0.3 is 14.2 Å². The molecule has 3 saturated heterocycles. The van der Waals surface area contributed by atoms with Gasteiger partial charge in [-0.25, -0.2) is 0 Å². The predicted octanol–water partition coefficient (Wildman–Crippen LogP) is 3.33. The molecule has 6 aliphatic rings. The Bertz CT molecular complexity index is 873. The summed E-state index contributed by atoms with van der Waals surface area (Å²) in [5.41, 5.74) is -0.446. The van der Waals surface area contributed by atoms with Gasteiger partial charge in [-0.1, -0.05) is 47.5 Å². The Hall–Kier alpha value is -1.21. The van der Waals surface area contributed by atoms with Crippen LogP contribution in [-0.4, -0.2) is 51.9 Å². The van der Waals surface area contributed by atoms with Gasteiger partial charge in [0.2, 0.25) is 4.33 Å². The van der Waals surface area contributed by atoms with E-state index in [1.165, 1.54) is 0 Å². The molecule has 0 aromatic carbocycles. The van der Waals surface area contributed by atoms with Crippen LogP contribution >= 0.6 is 23.2 Å². The largest absolute Gasteiger partial charge is 0.459 e. The van der Waals surface area contributed by atoms with Crippen LogP contribution in [0, 0.1) is 23.7 Å². The van der Waals surface area contributed by atoms with E-state index in [2.05, 4.69) is 12.2 Å². The van der Waals surface area contributed by atoms with Crippen LogP contribution < -0.4 is 0 Å². The van der Waals surface area contributed by atoms with E-state index in [1.807, 2.05) is 19.1 Å². The Labute approximate surface area is 191 Å². The van der Waals surface area contributed by atoms with Crippen molar-refractivity contribution < 1.29 is 28.6 Å². The van der Waals surface area contributed by atoms with Crippen molar-refractivity contribution in [3.8, 4) is 0 Å². The van der Waals surface area contributed by atoms with E-state index < -0.39 is 45.9 Å². The van der Waals surface area contributed by atoms with E-state index in [-0.39, 0.29) is 36.1 Å². The number of cyclic esters (lactones) is 1. The van der Waals surface area contributed by atoms with Crippen LogP contribution in [0.25, 0.3) is 0 Å². The fourth-order valence-electron chi connectivity index (χ4n) is 6.11. The molecule has 0 amide bonds. The smallest absolute Gasteiger partial charge is 0.313 e. The van der Waals surface area contributed by atoms with Crippen LogP contribution in [0.15, 0.2) is 24.3 Å². The maximum Gasteiger partial charge on any atom is 0.313 e. The molecule has 9 atom stereocenters. The average Bonchev–Trinajstić information content (AvgIpc) is 3.45. The minimum atomic E-state index is -2.32. The van der Waals surface area contributed by atoms with Gasteiger partial charge in [0.15, 0.2) is 11.6 Å². The molecule has 6 unspecified atom stereocenters. The van der Waals surface area contributed by atoms with Crippen molar-refractivity contribution in [1.82, 2.24) is 0 Å². The first-order chi connectivity index (χ1) is 14.6. The van der Waals surface area contributed by atoms with Crippen molar-refractivity contribution in [2.45, 2.75) is 73.9 Å². The third-order valence-corrected chi connectivity index (χ3v) is 8.36. The number of fused-ring (bicyclic) bond motifs is 2. The molecule has 0 aromatic rings. The molecule has 0 aromatic heterocycles. The summed E-state index contributed by atoms with van der Waals surface area (Å²) in [5.74, 6) is -2.87. The second kappa shape index (κ2) is 7.41. The lowest BCUT2D eigenvalue weighted by Crippen LogP contribution is -2.65. The molecule has 6 rings (SSSR count). The third-order valence-electron chi connectivity index (χ3n) is 7.57. The normalized spacial score (nSPS) is 49.5. The van der Waals surface area contributed by atoms with Crippen molar-refractivity contribution in [1.29, 1.82) is 0 Å². The molecule has 8 heteroatoms. The fraction of sp³-hybridized carbons (Fsp3) is 0.696. The van der Waals surface area contributed by atoms with Gasteiger partial charge in [-0.2, -0.15) is 0 Å². The van der Waals surface area contributed by atoms with Crippen LogP contribution in [0.5, 0.6) is 0 Å². The zero-order valence-electron chi connectivity index (χ0n) is 17.5. The molecule has 4 fully saturated rings. The fourth-order valence-corrected chi connectivity index (χ4v) is 6.50. The Morgan fingerprint density at radius 2 is 1.81 bits per heavy atom.